The van der Waals surface area contributed by atoms with E-state index in [0.717, 1.165) is 31.2 Å². The maximum Gasteiger partial charge on any atom is 0.315 e. The molecule has 1 saturated carbocycles. The molecule has 3 atom stereocenters. The number of carbonyl (C=O) groups is 2. The molecule has 41 heavy (non-hydrogen) atoms. The van der Waals surface area contributed by atoms with Crippen molar-refractivity contribution in [2.24, 2.45) is 10.9 Å². The van der Waals surface area contributed by atoms with E-state index in [1.807, 2.05) is 32.0 Å². The molecule has 5 rings (SSSR count). The average molecular weight is 627 g/mol. The summed E-state index contributed by atoms with van der Waals surface area (Å²) in [5.74, 6) is -0.436. The van der Waals surface area contributed by atoms with Crippen molar-refractivity contribution in [1.82, 2.24) is 0 Å². The van der Waals surface area contributed by atoms with Gasteiger partial charge < -0.3 is 24.1 Å². The molecule has 3 unspecified atom stereocenters. The Hall–Kier alpha value is -3.33. The maximum absolute atomic E-state index is 14.0. The molecule has 0 amide bonds. The van der Waals surface area contributed by atoms with E-state index in [0.29, 0.717) is 51.5 Å². The summed E-state index contributed by atoms with van der Waals surface area (Å²) in [6.45, 7) is 4.02. The highest BCUT2D eigenvalue weighted by Gasteiger charge is 2.46. The Balaban J connectivity index is 1.58. The van der Waals surface area contributed by atoms with Crippen molar-refractivity contribution >= 4 is 33.4 Å². The van der Waals surface area contributed by atoms with Gasteiger partial charge in [-0.2, -0.15) is 0 Å². The predicted octanol–water partition coefficient (Wildman–Crippen LogP) is 6.63. The fraction of sp³-hybridized carbons (Fsp3) is 0.469. The lowest BCUT2D eigenvalue weighted by Gasteiger charge is -2.37. The van der Waals surface area contributed by atoms with E-state index >= 15 is 0 Å². The molecule has 3 aliphatic rings. The van der Waals surface area contributed by atoms with Gasteiger partial charge in [-0.1, -0.05) is 6.07 Å². The number of aliphatic imine (C=N–C) groups is 1. The number of carbonyl (C=O) groups excluding carboxylic acids is 2. The number of aromatic hydroxyl groups is 1. The van der Waals surface area contributed by atoms with E-state index in [-0.39, 0.29) is 41.7 Å². The number of allylic oxidation sites excluding steroid dienone is 2. The number of halogens is 1. The third kappa shape index (κ3) is 5.73. The predicted molar refractivity (Wildman–Crippen MR) is 158 cm³/mol. The SMILES string of the molecule is CCOc1cc(C2C3=C(CC(c4ccc(OC)c(OC)c4)CC3=O)N=C(C)C2C(=O)OC2CCCC2)cc(Br)c1O. The highest BCUT2D eigenvalue weighted by Crippen LogP contribution is 2.49. The average Bonchev–Trinajstić information content (AvgIpc) is 3.47. The molecule has 2 aromatic rings. The van der Waals surface area contributed by atoms with Gasteiger partial charge in [0.05, 0.1) is 25.3 Å². The van der Waals surface area contributed by atoms with Crippen LogP contribution in [0.5, 0.6) is 23.0 Å². The molecule has 0 aromatic heterocycles. The van der Waals surface area contributed by atoms with Crippen LogP contribution in [-0.4, -0.2) is 49.5 Å². The molecule has 218 valence electrons. The second kappa shape index (κ2) is 12.3. The van der Waals surface area contributed by atoms with Crippen LogP contribution in [0, 0.1) is 5.92 Å². The summed E-state index contributed by atoms with van der Waals surface area (Å²) in [5, 5.41) is 10.6. The monoisotopic (exact) mass is 625 g/mol. The van der Waals surface area contributed by atoms with Crippen LogP contribution in [0.2, 0.25) is 0 Å². The molecule has 1 heterocycles. The standard InChI is InChI=1S/C32H36BrNO7/c1-5-40-27-16-20(12-22(33)31(27)36)29-28(32(37)41-21-8-6-7-9-21)17(2)34-23-13-19(14-24(35)30(23)29)18-10-11-25(38-3)26(15-18)39-4/h10-12,15-16,19,21,28-29,36H,5-9,13-14H2,1-4H3. The number of nitrogens with zero attached hydrogens (tertiary/aromatic N) is 1. The fourth-order valence-electron chi connectivity index (χ4n) is 6.35. The number of benzene rings is 2. The number of Topliss-reactive ketones (excluding diaryl/α,β-unsaturated/α-hetero) is 1. The van der Waals surface area contributed by atoms with Crippen LogP contribution < -0.4 is 14.2 Å². The Labute approximate surface area is 248 Å². The molecule has 1 N–H and O–H groups in total. The van der Waals surface area contributed by atoms with Crippen LogP contribution in [-0.2, 0) is 14.3 Å². The van der Waals surface area contributed by atoms with Crippen molar-refractivity contribution < 1.29 is 33.6 Å². The van der Waals surface area contributed by atoms with Gasteiger partial charge in [0.1, 0.15) is 12.0 Å². The van der Waals surface area contributed by atoms with Crippen LogP contribution in [0.25, 0.3) is 0 Å². The minimum Gasteiger partial charge on any atom is -0.503 e. The summed E-state index contributed by atoms with van der Waals surface area (Å²) in [4.78, 5) is 32.7. The largest absolute Gasteiger partial charge is 0.503 e. The number of rotatable bonds is 8. The van der Waals surface area contributed by atoms with Crippen molar-refractivity contribution in [2.75, 3.05) is 20.8 Å². The van der Waals surface area contributed by atoms with E-state index in [4.69, 9.17) is 23.9 Å². The van der Waals surface area contributed by atoms with E-state index in [9.17, 15) is 14.7 Å². The first-order chi connectivity index (χ1) is 19.7. The van der Waals surface area contributed by atoms with Crippen molar-refractivity contribution in [2.45, 2.75) is 70.3 Å². The number of esters is 1. The van der Waals surface area contributed by atoms with E-state index in [2.05, 4.69) is 15.9 Å². The van der Waals surface area contributed by atoms with Gasteiger partial charge >= 0.3 is 5.97 Å². The summed E-state index contributed by atoms with van der Waals surface area (Å²) in [5.41, 5.74) is 3.46. The van der Waals surface area contributed by atoms with Crippen LogP contribution in [0.3, 0.4) is 0 Å². The number of ketones is 1. The Morgan fingerprint density at radius 3 is 2.41 bits per heavy atom. The first-order valence-electron chi connectivity index (χ1n) is 14.1. The van der Waals surface area contributed by atoms with Gasteiger partial charge in [0, 0.05) is 29.3 Å². The summed E-state index contributed by atoms with van der Waals surface area (Å²) in [6.07, 6.45) is 4.44. The van der Waals surface area contributed by atoms with Gasteiger partial charge in [0.15, 0.2) is 28.8 Å². The summed E-state index contributed by atoms with van der Waals surface area (Å²) in [7, 11) is 3.18. The molecule has 0 radical (unpaired) electrons. The highest BCUT2D eigenvalue weighted by molar-refractivity contribution is 9.10. The third-order valence-corrected chi connectivity index (χ3v) is 8.92. The molecule has 1 aliphatic heterocycles. The van der Waals surface area contributed by atoms with Crippen molar-refractivity contribution in [3.05, 3.63) is 57.2 Å². The topological polar surface area (TPSA) is 104 Å². The van der Waals surface area contributed by atoms with E-state index in [1.54, 1.807) is 26.4 Å². The zero-order valence-corrected chi connectivity index (χ0v) is 25.5. The molecule has 0 spiro atoms. The molecule has 2 aromatic carbocycles. The van der Waals surface area contributed by atoms with Crippen molar-refractivity contribution in [3.63, 3.8) is 0 Å². The summed E-state index contributed by atoms with van der Waals surface area (Å²) in [6, 6.07) is 9.19. The molecule has 0 saturated heterocycles. The number of ether oxygens (including phenoxy) is 4. The van der Waals surface area contributed by atoms with Crippen LogP contribution in [0.15, 0.2) is 51.1 Å². The minimum atomic E-state index is -0.762. The molecule has 2 aliphatic carbocycles. The minimum absolute atomic E-state index is 0.0282. The molecule has 0 bridgehead atoms. The number of phenols is 1. The highest BCUT2D eigenvalue weighted by atomic mass is 79.9. The lowest BCUT2D eigenvalue weighted by atomic mass is 9.69. The Morgan fingerprint density at radius 2 is 1.73 bits per heavy atom. The molecular weight excluding hydrogens is 590 g/mol. The van der Waals surface area contributed by atoms with Gasteiger partial charge in [-0.05, 0) is 103 Å². The molecule has 9 heteroatoms. The number of methoxy groups -OCH3 is 2. The van der Waals surface area contributed by atoms with Crippen LogP contribution in [0.1, 0.15) is 75.3 Å². The Morgan fingerprint density at radius 1 is 1.02 bits per heavy atom. The third-order valence-electron chi connectivity index (χ3n) is 8.32. The number of hydrogen-bond acceptors (Lipinski definition) is 8. The van der Waals surface area contributed by atoms with Crippen LogP contribution in [0.4, 0.5) is 0 Å². The van der Waals surface area contributed by atoms with E-state index in [1.165, 1.54) is 0 Å². The summed E-state index contributed by atoms with van der Waals surface area (Å²) >= 11 is 3.45. The zero-order valence-electron chi connectivity index (χ0n) is 23.9. The van der Waals surface area contributed by atoms with Gasteiger partial charge in [-0.15, -0.1) is 0 Å². The Bertz CT molecular complexity index is 1410. The number of hydrogen-bond donors (Lipinski definition) is 1. The molecule has 1 fully saturated rings. The lowest BCUT2D eigenvalue weighted by Crippen LogP contribution is -2.39. The quantitative estimate of drug-likeness (QED) is 0.328. The van der Waals surface area contributed by atoms with Crippen LogP contribution >= 0.6 is 15.9 Å². The second-order valence-electron chi connectivity index (χ2n) is 10.8. The fourth-order valence-corrected chi connectivity index (χ4v) is 6.81. The van der Waals surface area contributed by atoms with Gasteiger partial charge in [0.25, 0.3) is 0 Å². The summed E-state index contributed by atoms with van der Waals surface area (Å²) < 4.78 is 23.0. The molecule has 8 nitrogen and oxygen atoms in total. The normalized spacial score (nSPS) is 22.7. The van der Waals surface area contributed by atoms with Gasteiger partial charge in [0.2, 0.25) is 0 Å². The Kier molecular flexibility index (Phi) is 8.73. The van der Waals surface area contributed by atoms with Gasteiger partial charge in [-0.3, -0.25) is 14.6 Å². The zero-order chi connectivity index (χ0) is 29.3. The lowest BCUT2D eigenvalue weighted by molar-refractivity contribution is -0.151. The first-order valence-corrected chi connectivity index (χ1v) is 14.9. The van der Waals surface area contributed by atoms with E-state index < -0.39 is 11.8 Å². The first kappa shape index (κ1) is 29.2. The molecular formula is C32H36BrNO7. The smallest absolute Gasteiger partial charge is 0.315 e. The van der Waals surface area contributed by atoms with Crippen molar-refractivity contribution in [3.8, 4) is 23.0 Å². The van der Waals surface area contributed by atoms with Crippen molar-refractivity contribution in [1.29, 1.82) is 0 Å². The van der Waals surface area contributed by atoms with Gasteiger partial charge in [-0.25, -0.2) is 0 Å². The second-order valence-corrected chi connectivity index (χ2v) is 11.7. The number of phenolic OH excluding ortho intramolecular Hbond substituents is 1. The maximum atomic E-state index is 14.0.